The number of para-hydroxylation sites is 2. The Morgan fingerprint density at radius 2 is 1.60 bits per heavy atom. The van der Waals surface area contributed by atoms with Gasteiger partial charge in [0.05, 0.1) is 12.6 Å². The first kappa shape index (κ1) is 20.1. The first-order valence-electron chi connectivity index (χ1n) is 10.4. The summed E-state index contributed by atoms with van der Waals surface area (Å²) in [7, 11) is 3.89. The molecule has 0 aliphatic carbocycles. The molecule has 1 heterocycles. The van der Waals surface area contributed by atoms with Crippen molar-refractivity contribution < 1.29 is 4.74 Å². The number of hydrogen-bond donors (Lipinski definition) is 1. The monoisotopic (exact) mass is 398 g/mol. The van der Waals surface area contributed by atoms with Crippen LogP contribution < -0.4 is 15.0 Å². The van der Waals surface area contributed by atoms with Gasteiger partial charge in [-0.1, -0.05) is 48.5 Å². The molecule has 0 radical (unpaired) electrons. The second-order valence-corrected chi connectivity index (χ2v) is 8.58. The molecule has 0 aromatic heterocycles. The SMILES string of the molecule is COc1ccccc1-c1ccc2c(c1CN(C)c1ccccc1)C(C)=CC(C)(C)N2. The van der Waals surface area contributed by atoms with Crippen LogP contribution in [0.25, 0.3) is 16.7 Å². The van der Waals surface area contributed by atoms with Crippen LogP contribution >= 0.6 is 0 Å². The molecule has 3 aromatic carbocycles. The summed E-state index contributed by atoms with van der Waals surface area (Å²) in [5.74, 6) is 0.895. The molecular formula is C27H30N2O. The second kappa shape index (κ2) is 7.91. The van der Waals surface area contributed by atoms with Gasteiger partial charge in [0.15, 0.2) is 0 Å². The van der Waals surface area contributed by atoms with Crippen molar-refractivity contribution in [2.24, 2.45) is 0 Å². The molecule has 0 bridgehead atoms. The van der Waals surface area contributed by atoms with Gasteiger partial charge >= 0.3 is 0 Å². The van der Waals surface area contributed by atoms with Gasteiger partial charge in [-0.05, 0) is 61.7 Å². The van der Waals surface area contributed by atoms with Gasteiger partial charge in [-0.15, -0.1) is 0 Å². The number of fused-ring (bicyclic) bond motifs is 1. The maximum Gasteiger partial charge on any atom is 0.126 e. The Balaban J connectivity index is 1.90. The highest BCUT2D eigenvalue weighted by Gasteiger charge is 2.27. The summed E-state index contributed by atoms with van der Waals surface area (Å²) < 4.78 is 5.70. The van der Waals surface area contributed by atoms with Crippen LogP contribution in [0, 0.1) is 0 Å². The summed E-state index contributed by atoms with van der Waals surface area (Å²) in [5.41, 5.74) is 8.57. The topological polar surface area (TPSA) is 24.5 Å². The normalized spacial score (nSPS) is 14.4. The minimum atomic E-state index is -0.0639. The van der Waals surface area contributed by atoms with E-state index in [0.29, 0.717) is 0 Å². The molecular weight excluding hydrogens is 368 g/mol. The summed E-state index contributed by atoms with van der Waals surface area (Å²) in [5, 5.41) is 3.70. The van der Waals surface area contributed by atoms with Crippen LogP contribution in [0.3, 0.4) is 0 Å². The zero-order valence-corrected chi connectivity index (χ0v) is 18.5. The first-order valence-corrected chi connectivity index (χ1v) is 10.4. The predicted octanol–water partition coefficient (Wildman–Crippen LogP) is 6.61. The van der Waals surface area contributed by atoms with E-state index in [1.54, 1.807) is 7.11 Å². The average molecular weight is 399 g/mol. The molecule has 0 spiro atoms. The number of allylic oxidation sites excluding steroid dienone is 1. The Labute approximate surface area is 180 Å². The van der Waals surface area contributed by atoms with Crippen LogP contribution in [0.4, 0.5) is 11.4 Å². The van der Waals surface area contributed by atoms with E-state index in [9.17, 15) is 0 Å². The molecule has 0 amide bonds. The lowest BCUT2D eigenvalue weighted by Crippen LogP contribution is -2.32. The van der Waals surface area contributed by atoms with Crippen LogP contribution in [-0.4, -0.2) is 19.7 Å². The molecule has 3 nitrogen and oxygen atoms in total. The Morgan fingerprint density at radius 1 is 0.900 bits per heavy atom. The van der Waals surface area contributed by atoms with Crippen LogP contribution in [0.2, 0.25) is 0 Å². The van der Waals surface area contributed by atoms with Crippen LogP contribution in [-0.2, 0) is 6.54 Å². The van der Waals surface area contributed by atoms with Gasteiger partial charge in [0.25, 0.3) is 0 Å². The largest absolute Gasteiger partial charge is 0.496 e. The Kier molecular flexibility index (Phi) is 5.29. The Bertz CT molecular complexity index is 1080. The Morgan fingerprint density at radius 3 is 2.33 bits per heavy atom. The van der Waals surface area contributed by atoms with E-state index in [2.05, 4.69) is 98.7 Å². The summed E-state index contributed by atoms with van der Waals surface area (Å²) in [6.45, 7) is 7.44. The highest BCUT2D eigenvalue weighted by atomic mass is 16.5. The van der Waals surface area contributed by atoms with Gasteiger partial charge in [0.1, 0.15) is 5.75 Å². The fourth-order valence-electron chi connectivity index (χ4n) is 4.49. The van der Waals surface area contributed by atoms with Crippen molar-refractivity contribution in [1.82, 2.24) is 0 Å². The van der Waals surface area contributed by atoms with Gasteiger partial charge < -0.3 is 15.0 Å². The lowest BCUT2D eigenvalue weighted by atomic mass is 9.84. The molecule has 0 atom stereocenters. The van der Waals surface area contributed by atoms with Crippen molar-refractivity contribution in [2.75, 3.05) is 24.4 Å². The molecule has 0 fully saturated rings. The molecule has 1 aliphatic heterocycles. The predicted molar refractivity (Wildman–Crippen MR) is 128 cm³/mol. The van der Waals surface area contributed by atoms with E-state index in [1.807, 2.05) is 12.1 Å². The summed E-state index contributed by atoms with van der Waals surface area (Å²) in [4.78, 5) is 2.31. The molecule has 1 N–H and O–H groups in total. The zero-order chi connectivity index (χ0) is 21.3. The maximum atomic E-state index is 5.70. The zero-order valence-electron chi connectivity index (χ0n) is 18.5. The molecule has 0 saturated carbocycles. The second-order valence-electron chi connectivity index (χ2n) is 8.58. The van der Waals surface area contributed by atoms with Crippen molar-refractivity contribution in [3.05, 3.63) is 83.9 Å². The van der Waals surface area contributed by atoms with E-state index in [0.717, 1.165) is 17.9 Å². The van der Waals surface area contributed by atoms with Gasteiger partial charge in [-0.3, -0.25) is 0 Å². The molecule has 0 saturated heterocycles. The smallest absolute Gasteiger partial charge is 0.126 e. The third-order valence-electron chi connectivity index (χ3n) is 5.73. The number of rotatable bonds is 5. The molecule has 3 aromatic rings. The summed E-state index contributed by atoms with van der Waals surface area (Å²) in [6, 6.07) is 23.2. The van der Waals surface area contributed by atoms with Crippen molar-refractivity contribution in [3.63, 3.8) is 0 Å². The highest BCUT2D eigenvalue weighted by molar-refractivity contribution is 5.88. The van der Waals surface area contributed by atoms with Gasteiger partial charge in [0.2, 0.25) is 0 Å². The van der Waals surface area contributed by atoms with Crippen LogP contribution in [0.15, 0.2) is 72.8 Å². The number of benzene rings is 3. The minimum absolute atomic E-state index is 0.0639. The third-order valence-corrected chi connectivity index (χ3v) is 5.73. The van der Waals surface area contributed by atoms with Gasteiger partial charge in [0, 0.05) is 36.1 Å². The van der Waals surface area contributed by atoms with E-state index in [-0.39, 0.29) is 5.54 Å². The maximum absolute atomic E-state index is 5.70. The number of hydrogen-bond acceptors (Lipinski definition) is 3. The van der Waals surface area contributed by atoms with Crippen molar-refractivity contribution in [1.29, 1.82) is 0 Å². The molecule has 0 unspecified atom stereocenters. The van der Waals surface area contributed by atoms with E-state index < -0.39 is 0 Å². The van der Waals surface area contributed by atoms with E-state index >= 15 is 0 Å². The fourth-order valence-corrected chi connectivity index (χ4v) is 4.49. The number of nitrogens with zero attached hydrogens (tertiary/aromatic N) is 1. The fraction of sp³-hybridized carbons (Fsp3) is 0.259. The molecule has 154 valence electrons. The van der Waals surface area contributed by atoms with Gasteiger partial charge in [-0.25, -0.2) is 0 Å². The lowest BCUT2D eigenvalue weighted by molar-refractivity contribution is 0.416. The van der Waals surface area contributed by atoms with E-state index in [1.165, 1.54) is 33.6 Å². The lowest BCUT2D eigenvalue weighted by Gasteiger charge is -2.34. The molecule has 1 aliphatic rings. The Hall–Kier alpha value is -3.20. The number of ether oxygens (including phenoxy) is 1. The first-order chi connectivity index (χ1) is 14.4. The number of nitrogens with one attached hydrogen (secondary N) is 1. The van der Waals surface area contributed by atoms with Crippen molar-refractivity contribution >= 4 is 16.9 Å². The quantitative estimate of drug-likeness (QED) is 0.523. The molecule has 3 heteroatoms. The summed E-state index contributed by atoms with van der Waals surface area (Å²) >= 11 is 0. The van der Waals surface area contributed by atoms with Crippen LogP contribution in [0.1, 0.15) is 31.9 Å². The van der Waals surface area contributed by atoms with E-state index in [4.69, 9.17) is 4.74 Å². The van der Waals surface area contributed by atoms with Crippen molar-refractivity contribution in [3.8, 4) is 16.9 Å². The van der Waals surface area contributed by atoms with Gasteiger partial charge in [-0.2, -0.15) is 0 Å². The standard InChI is InChI=1S/C27H30N2O/c1-19-17-27(2,3)28-24-16-15-21(22-13-9-10-14-25(22)30-5)23(26(19)24)18-29(4)20-11-7-6-8-12-20/h6-17,28H,18H2,1-5H3. The highest BCUT2D eigenvalue weighted by Crippen LogP contribution is 2.42. The summed E-state index contributed by atoms with van der Waals surface area (Å²) in [6.07, 6.45) is 2.33. The molecule has 4 rings (SSSR count). The van der Waals surface area contributed by atoms with Crippen molar-refractivity contribution in [2.45, 2.75) is 32.9 Å². The third kappa shape index (κ3) is 3.80. The average Bonchev–Trinajstić information content (AvgIpc) is 2.73. The molecule has 30 heavy (non-hydrogen) atoms. The number of methoxy groups -OCH3 is 1. The number of anilines is 2. The van der Waals surface area contributed by atoms with Crippen LogP contribution in [0.5, 0.6) is 5.75 Å². The minimum Gasteiger partial charge on any atom is -0.496 e.